The topological polar surface area (TPSA) is 0 Å². The summed E-state index contributed by atoms with van der Waals surface area (Å²) in [6, 6.07) is 14.7. The Balaban J connectivity index is 2.83. The van der Waals surface area contributed by atoms with Crippen molar-refractivity contribution in [2.24, 2.45) is 0 Å². The van der Waals surface area contributed by atoms with Crippen LogP contribution in [0.4, 0.5) is 0 Å². The minimum Gasteiger partial charge on any atom is -0.0653 e. The molecule has 0 radical (unpaired) electrons. The van der Waals surface area contributed by atoms with Crippen molar-refractivity contribution in [2.75, 3.05) is 0 Å². The molecule has 0 atom stereocenters. The second-order valence-corrected chi connectivity index (χ2v) is 13.9. The molecule has 0 aliphatic carbocycles. The Kier molecular flexibility index (Phi) is 7.51. The minimum absolute atomic E-state index is 0.107. The Labute approximate surface area is 200 Å². The molecule has 0 aliphatic rings. The first kappa shape index (κ1) is 26.7. The van der Waals surface area contributed by atoms with Gasteiger partial charge in [0.25, 0.3) is 0 Å². The third-order valence-electron chi connectivity index (χ3n) is 6.78. The zero-order valence-corrected chi connectivity index (χ0v) is 23.5. The van der Waals surface area contributed by atoms with E-state index >= 15 is 0 Å². The molecule has 0 N–H and O–H groups in total. The van der Waals surface area contributed by atoms with Gasteiger partial charge >= 0.3 is 0 Å². The first-order valence-electron chi connectivity index (χ1n) is 12.7. The van der Waals surface area contributed by atoms with E-state index in [1.165, 1.54) is 46.2 Å². The van der Waals surface area contributed by atoms with Crippen molar-refractivity contribution in [3.05, 3.63) is 69.8 Å². The van der Waals surface area contributed by atoms with E-state index in [4.69, 9.17) is 0 Å². The van der Waals surface area contributed by atoms with Gasteiger partial charge in [0.05, 0.1) is 0 Å². The van der Waals surface area contributed by atoms with Crippen LogP contribution in [-0.4, -0.2) is 0 Å². The Morgan fingerprint density at radius 3 is 1.12 bits per heavy atom. The number of hydrogen-bond donors (Lipinski definition) is 0. The van der Waals surface area contributed by atoms with Crippen LogP contribution in [0.15, 0.2) is 36.4 Å². The molecular weight excluding hydrogens is 384 g/mol. The van der Waals surface area contributed by atoms with Crippen molar-refractivity contribution in [3.63, 3.8) is 0 Å². The predicted octanol–water partition coefficient (Wildman–Crippen LogP) is 9.81. The van der Waals surface area contributed by atoms with Gasteiger partial charge in [-0.2, -0.15) is 0 Å². The van der Waals surface area contributed by atoms with Gasteiger partial charge in [-0.1, -0.05) is 133 Å². The molecule has 0 aliphatic heterocycles. The molecule has 32 heavy (non-hydrogen) atoms. The average Bonchev–Trinajstić information content (AvgIpc) is 2.62. The lowest BCUT2D eigenvalue weighted by molar-refractivity contribution is 0.542. The van der Waals surface area contributed by atoms with Crippen LogP contribution >= 0.6 is 0 Å². The predicted molar refractivity (Wildman–Crippen MR) is 144 cm³/mol. The smallest absolute Gasteiger partial charge is 0.00951 e. The highest BCUT2D eigenvalue weighted by molar-refractivity contribution is 5.49. The SMILES string of the molecule is CCCC(c1ccc(C(C)(C)C)cc1C(C)(C)C)c1ccc(C(C)(C)C)cc1C(C)(C)C. The molecule has 178 valence electrons. The van der Waals surface area contributed by atoms with Crippen LogP contribution in [-0.2, 0) is 21.7 Å². The van der Waals surface area contributed by atoms with E-state index in [0.29, 0.717) is 5.92 Å². The standard InChI is InChI=1S/C32H50/c1-14-15-24(25-18-16-22(29(2,3)4)20-27(25)31(8,9)10)26-19-17-23(30(5,6)7)21-28(26)32(11,12)13/h16-21,24H,14-15H2,1-13H3. The third kappa shape index (κ3) is 6.06. The molecule has 2 aromatic carbocycles. The molecule has 0 amide bonds. The fourth-order valence-electron chi connectivity index (χ4n) is 4.72. The van der Waals surface area contributed by atoms with Crippen molar-refractivity contribution < 1.29 is 0 Å². The maximum Gasteiger partial charge on any atom is 0.00951 e. The summed E-state index contributed by atoms with van der Waals surface area (Å²) in [5.74, 6) is 0.423. The van der Waals surface area contributed by atoms with Crippen LogP contribution in [0.1, 0.15) is 142 Å². The number of hydrogen-bond acceptors (Lipinski definition) is 0. The van der Waals surface area contributed by atoms with E-state index in [1.54, 1.807) is 0 Å². The van der Waals surface area contributed by atoms with Crippen LogP contribution in [0.5, 0.6) is 0 Å². The van der Waals surface area contributed by atoms with Crippen LogP contribution in [0.3, 0.4) is 0 Å². The van der Waals surface area contributed by atoms with Crippen LogP contribution in [0.2, 0.25) is 0 Å². The highest BCUT2D eigenvalue weighted by Crippen LogP contribution is 2.43. The molecule has 0 bridgehead atoms. The van der Waals surface area contributed by atoms with E-state index < -0.39 is 0 Å². The lowest BCUT2D eigenvalue weighted by Crippen LogP contribution is -2.23. The van der Waals surface area contributed by atoms with Crippen molar-refractivity contribution >= 4 is 0 Å². The zero-order chi connectivity index (χ0) is 24.7. The Bertz CT molecular complexity index is 839. The quantitative estimate of drug-likeness (QED) is 0.449. The highest BCUT2D eigenvalue weighted by Gasteiger charge is 2.30. The summed E-state index contributed by atoms with van der Waals surface area (Å²) in [6.45, 7) is 30.5. The summed E-state index contributed by atoms with van der Waals surface area (Å²) >= 11 is 0. The Hall–Kier alpha value is -1.56. The maximum atomic E-state index is 2.50. The number of benzene rings is 2. The van der Waals surface area contributed by atoms with E-state index in [2.05, 4.69) is 126 Å². The van der Waals surface area contributed by atoms with Gasteiger partial charge in [-0.25, -0.2) is 0 Å². The van der Waals surface area contributed by atoms with Crippen LogP contribution in [0, 0.1) is 0 Å². The second kappa shape index (κ2) is 9.00. The van der Waals surface area contributed by atoms with Crippen LogP contribution in [0.25, 0.3) is 0 Å². The molecule has 0 nitrogen and oxygen atoms in total. The summed E-state index contributed by atoms with van der Waals surface area (Å²) < 4.78 is 0. The molecule has 0 heteroatoms. The monoisotopic (exact) mass is 434 g/mol. The molecule has 0 fully saturated rings. The molecule has 2 aromatic rings. The molecule has 0 aromatic heterocycles. The molecular formula is C32H50. The van der Waals surface area contributed by atoms with Gasteiger partial charge in [-0.05, 0) is 61.5 Å². The fraction of sp³-hybridized carbons (Fsp3) is 0.625. The number of rotatable bonds is 4. The lowest BCUT2D eigenvalue weighted by atomic mass is 9.70. The first-order valence-corrected chi connectivity index (χ1v) is 12.7. The summed E-state index contributed by atoms with van der Waals surface area (Å²) in [6.07, 6.45) is 2.36. The molecule has 2 rings (SSSR count). The minimum atomic E-state index is 0.107. The van der Waals surface area contributed by atoms with Gasteiger partial charge in [-0.15, -0.1) is 0 Å². The largest absolute Gasteiger partial charge is 0.0653 e. The van der Waals surface area contributed by atoms with Gasteiger partial charge < -0.3 is 0 Å². The van der Waals surface area contributed by atoms with Crippen molar-refractivity contribution in [1.82, 2.24) is 0 Å². The second-order valence-electron chi connectivity index (χ2n) is 13.9. The highest BCUT2D eigenvalue weighted by atomic mass is 14.3. The van der Waals surface area contributed by atoms with Crippen molar-refractivity contribution in [2.45, 2.75) is 130 Å². The van der Waals surface area contributed by atoms with Gasteiger partial charge in [0, 0.05) is 5.92 Å². The summed E-state index contributed by atoms with van der Waals surface area (Å²) in [7, 11) is 0. The molecule has 0 saturated heterocycles. The molecule has 0 unspecified atom stereocenters. The van der Waals surface area contributed by atoms with Gasteiger partial charge in [-0.3, -0.25) is 0 Å². The summed E-state index contributed by atoms with van der Waals surface area (Å²) in [5, 5.41) is 0. The van der Waals surface area contributed by atoms with E-state index in [-0.39, 0.29) is 21.7 Å². The molecule has 0 saturated carbocycles. The van der Waals surface area contributed by atoms with E-state index in [0.717, 1.165) is 0 Å². The van der Waals surface area contributed by atoms with Crippen molar-refractivity contribution in [1.29, 1.82) is 0 Å². The van der Waals surface area contributed by atoms with E-state index in [1.807, 2.05) is 0 Å². The van der Waals surface area contributed by atoms with Gasteiger partial charge in [0.1, 0.15) is 0 Å². The first-order chi connectivity index (χ1) is 14.4. The zero-order valence-electron chi connectivity index (χ0n) is 23.5. The molecule has 0 spiro atoms. The Morgan fingerprint density at radius 2 is 0.875 bits per heavy atom. The lowest BCUT2D eigenvalue weighted by Gasteiger charge is -2.34. The van der Waals surface area contributed by atoms with Crippen molar-refractivity contribution in [3.8, 4) is 0 Å². The molecule has 0 heterocycles. The van der Waals surface area contributed by atoms with Gasteiger partial charge in [0.15, 0.2) is 0 Å². The third-order valence-corrected chi connectivity index (χ3v) is 6.78. The summed E-state index contributed by atoms with van der Waals surface area (Å²) in [5.41, 5.74) is 9.43. The normalized spacial score (nSPS) is 13.7. The average molecular weight is 435 g/mol. The van der Waals surface area contributed by atoms with E-state index in [9.17, 15) is 0 Å². The Morgan fingerprint density at radius 1 is 0.531 bits per heavy atom. The fourth-order valence-corrected chi connectivity index (χ4v) is 4.72. The van der Waals surface area contributed by atoms with Gasteiger partial charge in [0.2, 0.25) is 0 Å². The van der Waals surface area contributed by atoms with Crippen LogP contribution < -0.4 is 0 Å². The summed E-state index contributed by atoms with van der Waals surface area (Å²) in [4.78, 5) is 0. The maximum absolute atomic E-state index is 2.50.